The van der Waals surface area contributed by atoms with Gasteiger partial charge in [0, 0.05) is 37.1 Å². The lowest BCUT2D eigenvalue weighted by atomic mass is 10.1. The first kappa shape index (κ1) is 13.7. The molecule has 0 bridgehead atoms. The van der Waals surface area contributed by atoms with Gasteiger partial charge in [-0.25, -0.2) is 0 Å². The number of hydrogen-bond acceptors (Lipinski definition) is 4. The van der Waals surface area contributed by atoms with Crippen LogP contribution in [-0.2, 0) is 0 Å². The van der Waals surface area contributed by atoms with Crippen LogP contribution in [0.5, 0.6) is 0 Å². The zero-order valence-corrected chi connectivity index (χ0v) is 11.6. The van der Waals surface area contributed by atoms with Gasteiger partial charge < -0.3 is 21.3 Å². The van der Waals surface area contributed by atoms with E-state index in [1.54, 1.807) is 6.07 Å². The van der Waals surface area contributed by atoms with Crippen LogP contribution >= 0.6 is 0 Å². The number of rotatable bonds is 3. The predicted octanol–water partition coefficient (Wildman–Crippen LogP) is 0.898. The molecule has 4 N–H and O–H groups in total. The van der Waals surface area contributed by atoms with Crippen LogP contribution in [0.3, 0.4) is 0 Å². The SMILES string of the molecule is CC[C@H]1CN(C)CCN1c1ccc(N)c(C(N)=O)c1. The number of piperazine rings is 1. The van der Waals surface area contributed by atoms with Gasteiger partial charge in [-0.15, -0.1) is 0 Å². The minimum atomic E-state index is -0.471. The molecule has 104 valence electrons. The van der Waals surface area contributed by atoms with E-state index in [-0.39, 0.29) is 0 Å². The van der Waals surface area contributed by atoms with Crippen LogP contribution in [0.1, 0.15) is 23.7 Å². The van der Waals surface area contributed by atoms with Crippen LogP contribution in [0.4, 0.5) is 11.4 Å². The molecule has 1 aliphatic rings. The first-order valence-corrected chi connectivity index (χ1v) is 6.67. The molecule has 1 aliphatic heterocycles. The molecule has 0 spiro atoms. The average Bonchev–Trinajstić information content (AvgIpc) is 2.39. The number of nitrogens with zero attached hydrogens (tertiary/aromatic N) is 2. The highest BCUT2D eigenvalue weighted by Crippen LogP contribution is 2.25. The molecule has 1 fully saturated rings. The van der Waals surface area contributed by atoms with Gasteiger partial charge >= 0.3 is 0 Å². The van der Waals surface area contributed by atoms with Crippen LogP contribution in [0.25, 0.3) is 0 Å². The molecule has 1 heterocycles. The van der Waals surface area contributed by atoms with E-state index in [9.17, 15) is 4.79 Å². The van der Waals surface area contributed by atoms with E-state index in [1.807, 2.05) is 12.1 Å². The smallest absolute Gasteiger partial charge is 0.250 e. The lowest BCUT2D eigenvalue weighted by molar-refractivity contribution is 0.100. The van der Waals surface area contributed by atoms with E-state index >= 15 is 0 Å². The summed E-state index contributed by atoms with van der Waals surface area (Å²) in [5, 5.41) is 0. The van der Waals surface area contributed by atoms with Crippen molar-refractivity contribution in [3.63, 3.8) is 0 Å². The first-order chi connectivity index (χ1) is 9.02. The molecular formula is C14H22N4O. The Balaban J connectivity index is 2.30. The number of primary amides is 1. The van der Waals surface area contributed by atoms with Crippen molar-refractivity contribution in [2.45, 2.75) is 19.4 Å². The summed E-state index contributed by atoms with van der Waals surface area (Å²) in [4.78, 5) is 16.0. The summed E-state index contributed by atoms with van der Waals surface area (Å²) >= 11 is 0. The van der Waals surface area contributed by atoms with Crippen molar-refractivity contribution in [3.05, 3.63) is 23.8 Å². The molecule has 5 nitrogen and oxygen atoms in total. The van der Waals surface area contributed by atoms with Crippen molar-refractivity contribution in [1.82, 2.24) is 4.90 Å². The number of hydrogen-bond donors (Lipinski definition) is 2. The fourth-order valence-corrected chi connectivity index (χ4v) is 2.64. The van der Waals surface area contributed by atoms with Gasteiger partial charge in [0.1, 0.15) is 0 Å². The van der Waals surface area contributed by atoms with Crippen molar-refractivity contribution in [2.24, 2.45) is 5.73 Å². The zero-order chi connectivity index (χ0) is 14.0. The minimum absolute atomic E-state index is 0.409. The van der Waals surface area contributed by atoms with Crippen molar-refractivity contribution in [3.8, 4) is 0 Å². The molecule has 19 heavy (non-hydrogen) atoms. The van der Waals surface area contributed by atoms with E-state index in [2.05, 4.69) is 23.8 Å². The highest BCUT2D eigenvalue weighted by molar-refractivity contribution is 5.99. The third kappa shape index (κ3) is 2.81. The van der Waals surface area contributed by atoms with Crippen LogP contribution in [0.2, 0.25) is 0 Å². The Morgan fingerprint density at radius 2 is 2.16 bits per heavy atom. The Morgan fingerprint density at radius 1 is 1.42 bits per heavy atom. The first-order valence-electron chi connectivity index (χ1n) is 6.67. The summed E-state index contributed by atoms with van der Waals surface area (Å²) in [7, 11) is 2.14. The number of benzene rings is 1. The van der Waals surface area contributed by atoms with Crippen LogP contribution in [-0.4, -0.2) is 43.5 Å². The normalized spacial score (nSPS) is 20.5. The molecule has 0 aromatic heterocycles. The van der Waals surface area contributed by atoms with E-state index in [0.29, 0.717) is 17.3 Å². The monoisotopic (exact) mass is 262 g/mol. The topological polar surface area (TPSA) is 75.6 Å². The Morgan fingerprint density at radius 3 is 2.79 bits per heavy atom. The molecule has 0 radical (unpaired) electrons. The van der Waals surface area contributed by atoms with Gasteiger partial charge in [0.05, 0.1) is 5.56 Å². The fourth-order valence-electron chi connectivity index (χ4n) is 2.64. The zero-order valence-electron chi connectivity index (χ0n) is 11.6. The number of carbonyl (C=O) groups excluding carboxylic acids is 1. The third-order valence-electron chi connectivity index (χ3n) is 3.79. The minimum Gasteiger partial charge on any atom is -0.398 e. The van der Waals surface area contributed by atoms with Crippen molar-refractivity contribution >= 4 is 17.3 Å². The van der Waals surface area contributed by atoms with Crippen molar-refractivity contribution < 1.29 is 4.79 Å². The quantitative estimate of drug-likeness (QED) is 0.794. The largest absolute Gasteiger partial charge is 0.398 e. The maximum Gasteiger partial charge on any atom is 0.250 e. The van der Waals surface area contributed by atoms with Gasteiger partial charge in [-0.05, 0) is 31.7 Å². The maximum atomic E-state index is 11.4. The van der Waals surface area contributed by atoms with E-state index in [4.69, 9.17) is 11.5 Å². The predicted molar refractivity (Wildman–Crippen MR) is 78.3 cm³/mol. The van der Waals surface area contributed by atoms with Gasteiger partial charge in [0.15, 0.2) is 0 Å². The molecule has 5 heteroatoms. The molecule has 1 aromatic carbocycles. The van der Waals surface area contributed by atoms with E-state index < -0.39 is 5.91 Å². The van der Waals surface area contributed by atoms with Crippen LogP contribution < -0.4 is 16.4 Å². The molecule has 1 amide bonds. The fraction of sp³-hybridized carbons (Fsp3) is 0.500. The molecule has 0 unspecified atom stereocenters. The van der Waals surface area contributed by atoms with Gasteiger partial charge in [-0.1, -0.05) is 6.92 Å². The van der Waals surface area contributed by atoms with E-state index in [0.717, 1.165) is 31.7 Å². The Hall–Kier alpha value is -1.75. The number of nitrogens with two attached hydrogens (primary N) is 2. The highest BCUT2D eigenvalue weighted by atomic mass is 16.1. The van der Waals surface area contributed by atoms with Crippen molar-refractivity contribution in [2.75, 3.05) is 37.3 Å². The Labute approximate surface area is 114 Å². The molecule has 1 saturated heterocycles. The summed E-state index contributed by atoms with van der Waals surface area (Å²) in [5.74, 6) is -0.471. The summed E-state index contributed by atoms with van der Waals surface area (Å²) in [6.07, 6.45) is 1.07. The number of nitrogen functional groups attached to an aromatic ring is 1. The summed E-state index contributed by atoms with van der Waals surface area (Å²) in [6, 6.07) is 6.00. The van der Waals surface area contributed by atoms with Gasteiger partial charge in [-0.3, -0.25) is 4.79 Å². The Bertz CT molecular complexity index is 475. The maximum absolute atomic E-state index is 11.4. The number of anilines is 2. The Kier molecular flexibility index (Phi) is 3.95. The van der Waals surface area contributed by atoms with Gasteiger partial charge in [0.2, 0.25) is 0 Å². The second-order valence-electron chi connectivity index (χ2n) is 5.15. The molecular weight excluding hydrogens is 240 g/mol. The standard InChI is InChI=1S/C14H22N4O/c1-3-10-9-17(2)6-7-18(10)11-4-5-13(15)12(8-11)14(16)19/h4-5,8,10H,3,6-7,9,15H2,1-2H3,(H2,16,19)/t10-/m0/s1. The van der Waals surface area contributed by atoms with E-state index in [1.165, 1.54) is 0 Å². The molecule has 0 saturated carbocycles. The molecule has 0 aliphatic carbocycles. The number of carbonyl (C=O) groups is 1. The van der Waals surface area contributed by atoms with Crippen LogP contribution in [0.15, 0.2) is 18.2 Å². The summed E-state index contributed by atoms with van der Waals surface area (Å²) < 4.78 is 0. The second kappa shape index (κ2) is 5.48. The van der Waals surface area contributed by atoms with Crippen LogP contribution in [0, 0.1) is 0 Å². The highest BCUT2D eigenvalue weighted by Gasteiger charge is 2.24. The molecule has 1 atom stereocenters. The lowest BCUT2D eigenvalue weighted by Crippen LogP contribution is -2.51. The lowest BCUT2D eigenvalue weighted by Gasteiger charge is -2.41. The summed E-state index contributed by atoms with van der Waals surface area (Å²) in [5.41, 5.74) is 13.0. The second-order valence-corrected chi connectivity index (χ2v) is 5.15. The number of likely N-dealkylation sites (N-methyl/N-ethyl adjacent to an activating group) is 1. The van der Waals surface area contributed by atoms with Gasteiger partial charge in [-0.2, -0.15) is 0 Å². The molecule has 2 rings (SSSR count). The summed E-state index contributed by atoms with van der Waals surface area (Å²) in [6.45, 7) is 5.19. The average molecular weight is 262 g/mol. The number of amides is 1. The van der Waals surface area contributed by atoms with Gasteiger partial charge in [0.25, 0.3) is 5.91 Å². The van der Waals surface area contributed by atoms with Crippen molar-refractivity contribution in [1.29, 1.82) is 0 Å². The third-order valence-corrected chi connectivity index (χ3v) is 3.79. The molecule has 1 aromatic rings.